The minimum absolute atomic E-state index is 0.0150. The number of amides is 2. The number of carbonyl (C=O) groups is 1. The number of pyridine rings is 1. The molecule has 1 aliphatic heterocycles. The number of aromatic nitrogens is 1. The number of hydrogen-bond acceptors (Lipinski definition) is 3. The Morgan fingerprint density at radius 3 is 3.12 bits per heavy atom. The molecule has 1 aliphatic rings. The average Bonchev–Trinajstić information content (AvgIpc) is 2.83. The van der Waals surface area contributed by atoms with Gasteiger partial charge in [-0.25, -0.2) is 9.78 Å². The van der Waals surface area contributed by atoms with Crippen LogP contribution in [0.25, 0.3) is 0 Å². The standard InChI is InChI=1S/C12H17N3O2/c1-9(10-5-4-8-17-10)14-12(16)15-11-6-2-3-7-13-11/h2-3,6-7,9-10H,4-5,8H2,1H3,(H2,13,14,15,16)/t9-,10-/m1/s1. The predicted molar refractivity (Wildman–Crippen MR) is 64.8 cm³/mol. The van der Waals surface area contributed by atoms with E-state index in [4.69, 9.17) is 4.74 Å². The van der Waals surface area contributed by atoms with Crippen molar-refractivity contribution in [1.82, 2.24) is 10.3 Å². The minimum Gasteiger partial charge on any atom is -0.376 e. The summed E-state index contributed by atoms with van der Waals surface area (Å²) in [5, 5.41) is 5.53. The number of urea groups is 1. The molecule has 92 valence electrons. The Bertz CT molecular complexity index is 363. The Balaban J connectivity index is 1.80. The van der Waals surface area contributed by atoms with Gasteiger partial charge in [-0.05, 0) is 31.9 Å². The second-order valence-corrected chi connectivity index (χ2v) is 4.15. The van der Waals surface area contributed by atoms with Gasteiger partial charge < -0.3 is 10.1 Å². The maximum absolute atomic E-state index is 11.7. The Morgan fingerprint density at radius 1 is 1.59 bits per heavy atom. The highest BCUT2D eigenvalue weighted by Crippen LogP contribution is 2.15. The molecule has 2 heterocycles. The van der Waals surface area contributed by atoms with Crippen LogP contribution in [0.3, 0.4) is 0 Å². The van der Waals surface area contributed by atoms with Crippen LogP contribution in [0.15, 0.2) is 24.4 Å². The first kappa shape index (κ1) is 11.9. The van der Waals surface area contributed by atoms with Gasteiger partial charge in [-0.3, -0.25) is 5.32 Å². The number of nitrogens with zero attached hydrogens (tertiary/aromatic N) is 1. The summed E-state index contributed by atoms with van der Waals surface area (Å²) in [6.45, 7) is 2.74. The zero-order valence-corrected chi connectivity index (χ0v) is 9.85. The molecule has 1 saturated heterocycles. The van der Waals surface area contributed by atoms with Crippen molar-refractivity contribution in [3.63, 3.8) is 0 Å². The van der Waals surface area contributed by atoms with Gasteiger partial charge in [0.25, 0.3) is 0 Å². The van der Waals surface area contributed by atoms with Crippen LogP contribution in [0.2, 0.25) is 0 Å². The maximum Gasteiger partial charge on any atom is 0.320 e. The number of rotatable bonds is 3. The molecule has 0 bridgehead atoms. The van der Waals surface area contributed by atoms with E-state index in [9.17, 15) is 4.79 Å². The molecule has 5 nitrogen and oxygen atoms in total. The van der Waals surface area contributed by atoms with Gasteiger partial charge in [0.15, 0.2) is 0 Å². The van der Waals surface area contributed by atoms with Gasteiger partial charge in [-0.1, -0.05) is 6.07 Å². The van der Waals surface area contributed by atoms with Crippen molar-refractivity contribution in [2.45, 2.75) is 31.9 Å². The molecule has 5 heteroatoms. The number of anilines is 1. The summed E-state index contributed by atoms with van der Waals surface area (Å²) < 4.78 is 5.51. The van der Waals surface area contributed by atoms with E-state index in [0.29, 0.717) is 5.82 Å². The lowest BCUT2D eigenvalue weighted by Gasteiger charge is -2.19. The molecule has 2 amide bonds. The van der Waals surface area contributed by atoms with Crippen molar-refractivity contribution in [3.8, 4) is 0 Å². The summed E-state index contributed by atoms with van der Waals surface area (Å²) >= 11 is 0. The third kappa shape index (κ3) is 3.42. The molecule has 1 aromatic heterocycles. The Hall–Kier alpha value is -1.62. The van der Waals surface area contributed by atoms with E-state index in [-0.39, 0.29) is 18.2 Å². The number of nitrogens with one attached hydrogen (secondary N) is 2. The fraction of sp³-hybridized carbons (Fsp3) is 0.500. The first-order valence-corrected chi connectivity index (χ1v) is 5.86. The van der Waals surface area contributed by atoms with Crippen LogP contribution in [-0.4, -0.2) is 29.8 Å². The van der Waals surface area contributed by atoms with Crippen molar-refractivity contribution >= 4 is 11.8 Å². The van der Waals surface area contributed by atoms with Gasteiger partial charge >= 0.3 is 6.03 Å². The van der Waals surface area contributed by atoms with E-state index in [0.717, 1.165) is 19.4 Å². The summed E-state index contributed by atoms with van der Waals surface area (Å²) in [5.41, 5.74) is 0. The fourth-order valence-corrected chi connectivity index (χ4v) is 1.89. The highest BCUT2D eigenvalue weighted by atomic mass is 16.5. The van der Waals surface area contributed by atoms with Crippen LogP contribution < -0.4 is 10.6 Å². The molecule has 0 aliphatic carbocycles. The molecule has 2 atom stereocenters. The quantitative estimate of drug-likeness (QED) is 0.839. The molecule has 17 heavy (non-hydrogen) atoms. The van der Waals surface area contributed by atoms with E-state index < -0.39 is 0 Å². The molecular weight excluding hydrogens is 218 g/mol. The summed E-state index contributed by atoms with van der Waals surface area (Å²) in [5.74, 6) is 0.546. The zero-order valence-electron chi connectivity index (χ0n) is 9.85. The number of carbonyl (C=O) groups excluding carboxylic acids is 1. The first-order chi connectivity index (χ1) is 8.25. The SMILES string of the molecule is C[C@@H](NC(=O)Nc1ccccn1)[C@H]1CCCO1. The number of ether oxygens (including phenoxy) is 1. The van der Waals surface area contributed by atoms with E-state index in [2.05, 4.69) is 15.6 Å². The topological polar surface area (TPSA) is 63.2 Å². The van der Waals surface area contributed by atoms with Crippen molar-refractivity contribution in [2.75, 3.05) is 11.9 Å². The van der Waals surface area contributed by atoms with Gasteiger partial charge in [-0.2, -0.15) is 0 Å². The molecule has 2 rings (SSSR count). The molecule has 2 N–H and O–H groups in total. The Kier molecular flexibility index (Phi) is 3.93. The van der Waals surface area contributed by atoms with Crippen molar-refractivity contribution in [3.05, 3.63) is 24.4 Å². The van der Waals surface area contributed by atoms with Crippen molar-refractivity contribution in [1.29, 1.82) is 0 Å². The van der Waals surface area contributed by atoms with Crippen LogP contribution in [0.1, 0.15) is 19.8 Å². The summed E-state index contributed by atoms with van der Waals surface area (Å²) in [6, 6.07) is 5.15. The Labute approximate surface area is 101 Å². The highest BCUT2D eigenvalue weighted by Gasteiger charge is 2.23. The molecule has 1 aromatic rings. The normalized spacial score (nSPS) is 20.9. The summed E-state index contributed by atoms with van der Waals surface area (Å²) in [4.78, 5) is 15.7. The lowest BCUT2D eigenvalue weighted by molar-refractivity contribution is 0.0868. The second kappa shape index (κ2) is 5.63. The zero-order chi connectivity index (χ0) is 12.1. The largest absolute Gasteiger partial charge is 0.376 e. The van der Waals surface area contributed by atoms with Gasteiger partial charge in [0, 0.05) is 12.8 Å². The lowest BCUT2D eigenvalue weighted by atomic mass is 10.1. The molecule has 0 unspecified atom stereocenters. The molecular formula is C12H17N3O2. The fourth-order valence-electron chi connectivity index (χ4n) is 1.89. The van der Waals surface area contributed by atoms with Gasteiger partial charge in [0.2, 0.25) is 0 Å². The van der Waals surface area contributed by atoms with Gasteiger partial charge in [0.05, 0.1) is 12.1 Å². The van der Waals surface area contributed by atoms with Gasteiger partial charge in [-0.15, -0.1) is 0 Å². The van der Waals surface area contributed by atoms with E-state index in [1.165, 1.54) is 0 Å². The molecule has 0 spiro atoms. The summed E-state index contributed by atoms with van der Waals surface area (Å²) in [7, 11) is 0. The molecule has 0 aromatic carbocycles. The highest BCUT2D eigenvalue weighted by molar-refractivity contribution is 5.88. The molecule has 1 fully saturated rings. The molecule has 0 radical (unpaired) electrons. The van der Waals surface area contributed by atoms with E-state index in [1.807, 2.05) is 13.0 Å². The smallest absolute Gasteiger partial charge is 0.320 e. The average molecular weight is 235 g/mol. The van der Waals surface area contributed by atoms with E-state index >= 15 is 0 Å². The summed E-state index contributed by atoms with van der Waals surface area (Å²) in [6.07, 6.45) is 3.84. The monoisotopic (exact) mass is 235 g/mol. The molecule has 0 saturated carbocycles. The predicted octanol–water partition coefficient (Wildman–Crippen LogP) is 1.77. The maximum atomic E-state index is 11.7. The van der Waals surface area contributed by atoms with Crippen LogP contribution >= 0.6 is 0 Å². The Morgan fingerprint density at radius 2 is 2.47 bits per heavy atom. The van der Waals surface area contributed by atoms with Crippen LogP contribution in [0.4, 0.5) is 10.6 Å². The minimum atomic E-state index is -0.244. The van der Waals surface area contributed by atoms with Crippen LogP contribution in [0, 0.1) is 0 Å². The number of hydrogen-bond donors (Lipinski definition) is 2. The van der Waals surface area contributed by atoms with Gasteiger partial charge in [0.1, 0.15) is 5.82 Å². The first-order valence-electron chi connectivity index (χ1n) is 5.86. The lowest BCUT2D eigenvalue weighted by Crippen LogP contribution is -2.43. The van der Waals surface area contributed by atoms with E-state index in [1.54, 1.807) is 18.3 Å². The third-order valence-electron chi connectivity index (χ3n) is 2.79. The third-order valence-corrected chi connectivity index (χ3v) is 2.79. The van der Waals surface area contributed by atoms with Crippen LogP contribution in [0.5, 0.6) is 0 Å². The van der Waals surface area contributed by atoms with Crippen molar-refractivity contribution < 1.29 is 9.53 Å². The second-order valence-electron chi connectivity index (χ2n) is 4.15. The van der Waals surface area contributed by atoms with Crippen molar-refractivity contribution in [2.24, 2.45) is 0 Å². The van der Waals surface area contributed by atoms with Crippen LogP contribution in [-0.2, 0) is 4.74 Å².